The summed E-state index contributed by atoms with van der Waals surface area (Å²) in [6, 6.07) is 1.34. The third-order valence-corrected chi connectivity index (χ3v) is 1.92. The fourth-order valence-corrected chi connectivity index (χ4v) is 0.859. The molecular weight excluding hydrogens is 184 g/mol. The first-order valence-electron chi connectivity index (χ1n) is 4.09. The van der Waals surface area contributed by atoms with Gasteiger partial charge in [-0.2, -0.15) is 0 Å². The molecule has 14 heavy (non-hydrogen) atoms. The summed E-state index contributed by atoms with van der Waals surface area (Å²) in [5, 5.41) is 8.72. The summed E-state index contributed by atoms with van der Waals surface area (Å²) in [5.74, 6) is -0.708. The van der Waals surface area contributed by atoms with Gasteiger partial charge in [0, 0.05) is 13.3 Å². The highest BCUT2D eigenvalue weighted by molar-refractivity contribution is 5.85. The highest BCUT2D eigenvalue weighted by Gasteiger charge is 2.23. The van der Waals surface area contributed by atoms with E-state index in [2.05, 4.69) is 9.97 Å². The zero-order valence-corrected chi connectivity index (χ0v) is 8.31. The van der Waals surface area contributed by atoms with Crippen molar-refractivity contribution in [1.82, 2.24) is 9.97 Å². The summed E-state index contributed by atoms with van der Waals surface area (Å²) < 4.78 is 5.14. The van der Waals surface area contributed by atoms with E-state index < -0.39 is 11.6 Å². The number of carbonyl (C=O) groups is 1. The summed E-state index contributed by atoms with van der Waals surface area (Å²) in [6.07, 6.45) is 1.41. The monoisotopic (exact) mass is 196 g/mol. The highest BCUT2D eigenvalue weighted by atomic mass is 16.5. The number of nitrogens with zero attached hydrogens (tertiary/aromatic N) is 2. The minimum absolute atomic E-state index is 0.0277. The van der Waals surface area contributed by atoms with Crippen LogP contribution in [0.5, 0.6) is 0 Å². The number of aromatic carboxylic acids is 1. The molecule has 1 heterocycles. The third kappa shape index (κ3) is 2.05. The van der Waals surface area contributed by atoms with Gasteiger partial charge in [0.05, 0.1) is 0 Å². The SMILES string of the molecule is COC(C)(C)c1nccc(C(=O)O)n1. The van der Waals surface area contributed by atoms with Crippen LogP contribution >= 0.6 is 0 Å². The predicted molar refractivity (Wildman–Crippen MR) is 49.0 cm³/mol. The molecule has 0 spiro atoms. The zero-order chi connectivity index (χ0) is 10.8. The van der Waals surface area contributed by atoms with Crippen molar-refractivity contribution in [2.24, 2.45) is 0 Å². The van der Waals surface area contributed by atoms with Gasteiger partial charge in [0.15, 0.2) is 11.5 Å². The average molecular weight is 196 g/mol. The molecule has 76 valence electrons. The molecule has 0 amide bonds. The molecule has 0 bridgehead atoms. The van der Waals surface area contributed by atoms with E-state index in [1.165, 1.54) is 19.4 Å². The minimum Gasteiger partial charge on any atom is -0.477 e. The van der Waals surface area contributed by atoms with E-state index in [9.17, 15) is 4.79 Å². The van der Waals surface area contributed by atoms with Gasteiger partial charge in [0.25, 0.3) is 0 Å². The van der Waals surface area contributed by atoms with Gasteiger partial charge < -0.3 is 9.84 Å². The van der Waals surface area contributed by atoms with Crippen molar-refractivity contribution in [1.29, 1.82) is 0 Å². The molecule has 0 aliphatic rings. The quantitative estimate of drug-likeness (QED) is 0.782. The van der Waals surface area contributed by atoms with E-state index in [1.54, 1.807) is 13.8 Å². The Morgan fingerprint density at radius 1 is 1.57 bits per heavy atom. The average Bonchev–Trinajstić information content (AvgIpc) is 2.18. The van der Waals surface area contributed by atoms with Crippen LogP contribution in [0.4, 0.5) is 0 Å². The number of rotatable bonds is 3. The molecular formula is C9H12N2O3. The standard InChI is InChI=1S/C9H12N2O3/c1-9(2,14-3)8-10-5-4-6(11-8)7(12)13/h4-5H,1-3H3,(H,12,13). The van der Waals surface area contributed by atoms with E-state index in [1.807, 2.05) is 0 Å². The lowest BCUT2D eigenvalue weighted by atomic mass is 10.1. The van der Waals surface area contributed by atoms with Crippen LogP contribution in [-0.4, -0.2) is 28.2 Å². The number of carboxylic acid groups (broad SMARTS) is 1. The summed E-state index contributed by atoms with van der Waals surface area (Å²) in [5.41, 5.74) is -0.703. The lowest BCUT2D eigenvalue weighted by Crippen LogP contribution is -2.23. The Balaban J connectivity index is 3.12. The van der Waals surface area contributed by atoms with E-state index in [0.717, 1.165) is 0 Å². The Hall–Kier alpha value is -1.49. The number of aromatic nitrogens is 2. The van der Waals surface area contributed by atoms with Gasteiger partial charge >= 0.3 is 5.97 Å². The van der Waals surface area contributed by atoms with Crippen molar-refractivity contribution in [3.63, 3.8) is 0 Å². The minimum atomic E-state index is -1.07. The smallest absolute Gasteiger partial charge is 0.354 e. The third-order valence-electron chi connectivity index (χ3n) is 1.92. The molecule has 0 aromatic carbocycles. The van der Waals surface area contributed by atoms with Crippen molar-refractivity contribution in [2.75, 3.05) is 7.11 Å². The summed E-state index contributed by atoms with van der Waals surface area (Å²) in [6.45, 7) is 3.54. The summed E-state index contributed by atoms with van der Waals surface area (Å²) in [4.78, 5) is 18.5. The lowest BCUT2D eigenvalue weighted by Gasteiger charge is -2.20. The Bertz CT molecular complexity index is 350. The molecule has 0 unspecified atom stereocenters. The topological polar surface area (TPSA) is 72.3 Å². The first-order chi connectivity index (χ1) is 6.47. The van der Waals surface area contributed by atoms with E-state index in [4.69, 9.17) is 9.84 Å². The van der Waals surface area contributed by atoms with Gasteiger partial charge in [-0.3, -0.25) is 0 Å². The van der Waals surface area contributed by atoms with Gasteiger partial charge in [0.2, 0.25) is 0 Å². The van der Waals surface area contributed by atoms with Gasteiger partial charge in [-0.15, -0.1) is 0 Å². The summed E-state index contributed by atoms with van der Waals surface area (Å²) in [7, 11) is 1.52. The molecule has 0 aliphatic carbocycles. The number of carboxylic acids is 1. The van der Waals surface area contributed by atoms with Crippen LogP contribution in [0, 0.1) is 0 Å². The molecule has 0 atom stereocenters. The van der Waals surface area contributed by atoms with Crippen LogP contribution in [0.15, 0.2) is 12.3 Å². The van der Waals surface area contributed by atoms with Gasteiger partial charge in [-0.05, 0) is 19.9 Å². The fourth-order valence-electron chi connectivity index (χ4n) is 0.859. The zero-order valence-electron chi connectivity index (χ0n) is 8.31. The molecule has 1 aromatic rings. The molecule has 0 saturated carbocycles. The second-order valence-corrected chi connectivity index (χ2v) is 3.29. The normalized spacial score (nSPS) is 11.4. The Labute approximate surface area is 81.8 Å². The van der Waals surface area contributed by atoms with Crippen LogP contribution in [0.1, 0.15) is 30.2 Å². The van der Waals surface area contributed by atoms with E-state index in [0.29, 0.717) is 5.82 Å². The second kappa shape index (κ2) is 3.71. The molecule has 5 heteroatoms. The Kier molecular flexibility index (Phi) is 2.81. The maximum absolute atomic E-state index is 10.6. The van der Waals surface area contributed by atoms with Crippen molar-refractivity contribution in [2.45, 2.75) is 19.4 Å². The molecule has 1 aromatic heterocycles. The van der Waals surface area contributed by atoms with Crippen molar-refractivity contribution < 1.29 is 14.6 Å². The number of methoxy groups -OCH3 is 1. The number of hydrogen-bond acceptors (Lipinski definition) is 4. The van der Waals surface area contributed by atoms with Crippen LogP contribution in [0.2, 0.25) is 0 Å². The van der Waals surface area contributed by atoms with Crippen molar-refractivity contribution in [3.8, 4) is 0 Å². The van der Waals surface area contributed by atoms with E-state index in [-0.39, 0.29) is 5.69 Å². The molecule has 0 radical (unpaired) electrons. The first kappa shape index (κ1) is 10.6. The largest absolute Gasteiger partial charge is 0.477 e. The van der Waals surface area contributed by atoms with Crippen LogP contribution in [0.3, 0.4) is 0 Å². The molecule has 0 saturated heterocycles. The summed E-state index contributed by atoms with van der Waals surface area (Å²) >= 11 is 0. The first-order valence-corrected chi connectivity index (χ1v) is 4.09. The highest BCUT2D eigenvalue weighted by Crippen LogP contribution is 2.19. The molecule has 0 fully saturated rings. The maximum atomic E-state index is 10.6. The number of hydrogen-bond donors (Lipinski definition) is 1. The Morgan fingerprint density at radius 3 is 2.71 bits per heavy atom. The van der Waals surface area contributed by atoms with Gasteiger partial charge in [-0.25, -0.2) is 14.8 Å². The Morgan fingerprint density at radius 2 is 2.21 bits per heavy atom. The lowest BCUT2D eigenvalue weighted by molar-refractivity contribution is 0.0112. The molecule has 5 nitrogen and oxygen atoms in total. The predicted octanol–water partition coefficient (Wildman–Crippen LogP) is 1.06. The van der Waals surface area contributed by atoms with Crippen LogP contribution in [0.25, 0.3) is 0 Å². The maximum Gasteiger partial charge on any atom is 0.354 e. The molecule has 1 N–H and O–H groups in total. The van der Waals surface area contributed by atoms with Gasteiger partial charge in [0.1, 0.15) is 5.60 Å². The van der Waals surface area contributed by atoms with Gasteiger partial charge in [-0.1, -0.05) is 0 Å². The van der Waals surface area contributed by atoms with Crippen molar-refractivity contribution in [3.05, 3.63) is 23.8 Å². The van der Waals surface area contributed by atoms with Crippen LogP contribution in [-0.2, 0) is 10.3 Å². The van der Waals surface area contributed by atoms with E-state index >= 15 is 0 Å². The molecule has 0 aliphatic heterocycles. The van der Waals surface area contributed by atoms with Crippen LogP contribution < -0.4 is 0 Å². The molecule has 1 rings (SSSR count). The second-order valence-electron chi connectivity index (χ2n) is 3.29. The fraction of sp³-hybridized carbons (Fsp3) is 0.444. The number of ether oxygens (including phenoxy) is 1. The van der Waals surface area contributed by atoms with Crippen molar-refractivity contribution >= 4 is 5.97 Å².